The summed E-state index contributed by atoms with van der Waals surface area (Å²) in [6.07, 6.45) is 9.15. The Morgan fingerprint density at radius 3 is 2.67 bits per heavy atom. The molecule has 88 valence electrons. The monoisotopic (exact) mass is 211 g/mol. The van der Waals surface area contributed by atoms with Gasteiger partial charge in [-0.15, -0.1) is 0 Å². The Hall–Kier alpha value is -0.0800. The Morgan fingerprint density at radius 1 is 1.20 bits per heavy atom. The SMILES string of the molecule is CCC1CCCCCN1CC(O)C1CC1. The lowest BCUT2D eigenvalue weighted by atomic mass is 10.1. The van der Waals surface area contributed by atoms with E-state index in [1.54, 1.807) is 0 Å². The number of rotatable bonds is 4. The summed E-state index contributed by atoms with van der Waals surface area (Å²) in [5.41, 5.74) is 0. The van der Waals surface area contributed by atoms with Gasteiger partial charge in [-0.2, -0.15) is 0 Å². The molecule has 0 aromatic carbocycles. The van der Waals surface area contributed by atoms with Crippen LogP contribution < -0.4 is 0 Å². The van der Waals surface area contributed by atoms with Crippen molar-refractivity contribution in [3.8, 4) is 0 Å². The molecule has 2 aliphatic rings. The van der Waals surface area contributed by atoms with Crippen molar-refractivity contribution in [2.45, 2.75) is 64.0 Å². The fourth-order valence-electron chi connectivity index (χ4n) is 2.81. The Balaban J connectivity index is 1.84. The van der Waals surface area contributed by atoms with Crippen LogP contribution in [-0.2, 0) is 0 Å². The Labute approximate surface area is 93.7 Å². The maximum absolute atomic E-state index is 10.0. The standard InChI is InChI=1S/C13H25NO/c1-2-12-6-4-3-5-9-14(12)10-13(15)11-7-8-11/h11-13,15H,2-10H2,1H3. The summed E-state index contributed by atoms with van der Waals surface area (Å²) in [5.74, 6) is 0.630. The summed E-state index contributed by atoms with van der Waals surface area (Å²) in [6, 6.07) is 0.737. The lowest BCUT2D eigenvalue weighted by Gasteiger charge is -2.31. The average molecular weight is 211 g/mol. The molecular formula is C13H25NO. The fraction of sp³-hybridized carbons (Fsp3) is 1.00. The number of hydrogen-bond donors (Lipinski definition) is 1. The van der Waals surface area contributed by atoms with Crippen molar-refractivity contribution >= 4 is 0 Å². The van der Waals surface area contributed by atoms with E-state index in [-0.39, 0.29) is 6.10 Å². The van der Waals surface area contributed by atoms with Crippen molar-refractivity contribution in [1.29, 1.82) is 0 Å². The van der Waals surface area contributed by atoms with Gasteiger partial charge in [0.2, 0.25) is 0 Å². The van der Waals surface area contributed by atoms with Crippen molar-refractivity contribution in [2.24, 2.45) is 5.92 Å². The topological polar surface area (TPSA) is 23.5 Å². The van der Waals surface area contributed by atoms with Crippen LogP contribution in [0.15, 0.2) is 0 Å². The van der Waals surface area contributed by atoms with Crippen LogP contribution in [-0.4, -0.2) is 35.2 Å². The summed E-state index contributed by atoms with van der Waals surface area (Å²) < 4.78 is 0. The number of hydrogen-bond acceptors (Lipinski definition) is 2. The van der Waals surface area contributed by atoms with Crippen LogP contribution in [0.5, 0.6) is 0 Å². The highest BCUT2D eigenvalue weighted by Crippen LogP contribution is 2.33. The van der Waals surface area contributed by atoms with Gasteiger partial charge in [0, 0.05) is 12.6 Å². The lowest BCUT2D eigenvalue weighted by molar-refractivity contribution is 0.0726. The summed E-state index contributed by atoms with van der Waals surface area (Å²) in [4.78, 5) is 2.55. The summed E-state index contributed by atoms with van der Waals surface area (Å²) >= 11 is 0. The van der Waals surface area contributed by atoms with E-state index in [2.05, 4.69) is 11.8 Å². The molecule has 0 spiro atoms. The Morgan fingerprint density at radius 2 is 2.00 bits per heavy atom. The van der Waals surface area contributed by atoms with E-state index in [1.807, 2.05) is 0 Å². The summed E-state index contributed by atoms with van der Waals surface area (Å²) in [5, 5.41) is 10.0. The van der Waals surface area contributed by atoms with E-state index in [1.165, 1.54) is 51.5 Å². The van der Waals surface area contributed by atoms with E-state index in [4.69, 9.17) is 0 Å². The van der Waals surface area contributed by atoms with Crippen molar-refractivity contribution in [3.63, 3.8) is 0 Å². The molecule has 1 heterocycles. The first kappa shape index (κ1) is 11.4. The van der Waals surface area contributed by atoms with Crippen LogP contribution in [0.3, 0.4) is 0 Å². The first-order valence-electron chi connectivity index (χ1n) is 6.73. The molecule has 2 fully saturated rings. The average Bonchev–Trinajstić information content (AvgIpc) is 3.05. The second kappa shape index (κ2) is 5.31. The molecule has 1 saturated carbocycles. The van der Waals surface area contributed by atoms with Gasteiger partial charge in [-0.25, -0.2) is 0 Å². The molecule has 2 heteroatoms. The minimum absolute atomic E-state index is 0.0443. The van der Waals surface area contributed by atoms with Gasteiger partial charge in [0.15, 0.2) is 0 Å². The quantitative estimate of drug-likeness (QED) is 0.772. The highest BCUT2D eigenvalue weighted by Gasteiger charge is 2.32. The van der Waals surface area contributed by atoms with E-state index in [0.717, 1.165) is 12.6 Å². The van der Waals surface area contributed by atoms with Crippen molar-refractivity contribution < 1.29 is 5.11 Å². The fourth-order valence-corrected chi connectivity index (χ4v) is 2.81. The highest BCUT2D eigenvalue weighted by atomic mass is 16.3. The molecule has 1 aliphatic carbocycles. The van der Waals surface area contributed by atoms with Crippen LogP contribution >= 0.6 is 0 Å². The highest BCUT2D eigenvalue weighted by molar-refractivity contribution is 4.85. The third-order valence-corrected chi connectivity index (χ3v) is 4.06. The van der Waals surface area contributed by atoms with Gasteiger partial charge in [-0.3, -0.25) is 4.90 Å². The number of likely N-dealkylation sites (tertiary alicyclic amines) is 1. The van der Waals surface area contributed by atoms with E-state index in [0.29, 0.717) is 5.92 Å². The molecule has 2 atom stereocenters. The molecule has 1 aliphatic heterocycles. The molecule has 2 rings (SSSR count). The first-order valence-corrected chi connectivity index (χ1v) is 6.73. The number of aliphatic hydroxyl groups is 1. The number of nitrogens with zero attached hydrogens (tertiary/aromatic N) is 1. The predicted octanol–water partition coefficient (Wildman–Crippen LogP) is 2.41. The molecule has 0 amide bonds. The molecule has 0 aromatic rings. The van der Waals surface area contributed by atoms with Gasteiger partial charge >= 0.3 is 0 Å². The molecule has 0 aromatic heterocycles. The third kappa shape index (κ3) is 3.18. The zero-order valence-corrected chi connectivity index (χ0v) is 9.99. The zero-order valence-electron chi connectivity index (χ0n) is 9.99. The minimum Gasteiger partial charge on any atom is -0.392 e. The van der Waals surface area contributed by atoms with Gasteiger partial charge in [-0.1, -0.05) is 19.8 Å². The van der Waals surface area contributed by atoms with Gasteiger partial charge < -0.3 is 5.11 Å². The Kier molecular flexibility index (Phi) is 4.04. The Bertz CT molecular complexity index is 191. The number of β-amino-alcohol motifs (C(OH)–C–C–N with tert-alkyl or cyclic N) is 1. The van der Waals surface area contributed by atoms with E-state index < -0.39 is 0 Å². The number of aliphatic hydroxyl groups excluding tert-OH is 1. The first-order chi connectivity index (χ1) is 7.31. The van der Waals surface area contributed by atoms with E-state index in [9.17, 15) is 5.11 Å². The maximum atomic E-state index is 10.0. The van der Waals surface area contributed by atoms with Gasteiger partial charge in [0.05, 0.1) is 6.10 Å². The molecule has 0 bridgehead atoms. The van der Waals surface area contributed by atoms with Gasteiger partial charge in [0.25, 0.3) is 0 Å². The van der Waals surface area contributed by atoms with Crippen LogP contribution in [0.2, 0.25) is 0 Å². The largest absolute Gasteiger partial charge is 0.392 e. The van der Waals surface area contributed by atoms with Crippen molar-refractivity contribution in [3.05, 3.63) is 0 Å². The van der Waals surface area contributed by atoms with Crippen LogP contribution in [0, 0.1) is 5.92 Å². The predicted molar refractivity (Wildman–Crippen MR) is 62.9 cm³/mol. The third-order valence-electron chi connectivity index (χ3n) is 4.06. The van der Waals surface area contributed by atoms with Gasteiger partial charge in [0.1, 0.15) is 0 Å². The minimum atomic E-state index is -0.0443. The molecule has 1 N–H and O–H groups in total. The van der Waals surface area contributed by atoms with Crippen molar-refractivity contribution in [2.75, 3.05) is 13.1 Å². The molecule has 2 nitrogen and oxygen atoms in total. The second-order valence-corrected chi connectivity index (χ2v) is 5.31. The van der Waals surface area contributed by atoms with Crippen molar-refractivity contribution in [1.82, 2.24) is 4.90 Å². The summed E-state index contributed by atoms with van der Waals surface area (Å²) in [6.45, 7) is 4.43. The smallest absolute Gasteiger partial charge is 0.0695 e. The molecular weight excluding hydrogens is 186 g/mol. The van der Waals surface area contributed by atoms with Crippen LogP contribution in [0.1, 0.15) is 51.9 Å². The summed E-state index contributed by atoms with van der Waals surface area (Å²) in [7, 11) is 0. The molecule has 2 unspecified atom stereocenters. The van der Waals surface area contributed by atoms with Crippen LogP contribution in [0.25, 0.3) is 0 Å². The zero-order chi connectivity index (χ0) is 10.7. The van der Waals surface area contributed by atoms with Crippen LogP contribution in [0.4, 0.5) is 0 Å². The maximum Gasteiger partial charge on any atom is 0.0695 e. The van der Waals surface area contributed by atoms with Gasteiger partial charge in [-0.05, 0) is 44.6 Å². The second-order valence-electron chi connectivity index (χ2n) is 5.31. The lowest BCUT2D eigenvalue weighted by Crippen LogP contribution is -2.40. The molecule has 1 saturated heterocycles. The normalized spacial score (nSPS) is 31.2. The van der Waals surface area contributed by atoms with E-state index >= 15 is 0 Å². The molecule has 0 radical (unpaired) electrons. The molecule has 15 heavy (non-hydrogen) atoms.